The van der Waals surface area contributed by atoms with Gasteiger partial charge in [0.15, 0.2) is 0 Å². The second kappa shape index (κ2) is 8.97. The van der Waals surface area contributed by atoms with Gasteiger partial charge in [0.1, 0.15) is 0 Å². The third kappa shape index (κ3) is 5.46. The van der Waals surface area contributed by atoms with E-state index in [4.69, 9.17) is 0 Å². The van der Waals surface area contributed by atoms with Crippen molar-refractivity contribution in [3.8, 4) is 0 Å². The van der Waals surface area contributed by atoms with Crippen molar-refractivity contribution in [2.75, 3.05) is 15.9 Å². The molecule has 0 fully saturated rings. The molecule has 0 saturated heterocycles. The molecule has 0 saturated carbocycles. The molecule has 31 heavy (non-hydrogen) atoms. The summed E-state index contributed by atoms with van der Waals surface area (Å²) < 4.78 is 26.0. The summed E-state index contributed by atoms with van der Waals surface area (Å²) in [6, 6.07) is 19.3. The van der Waals surface area contributed by atoms with E-state index in [2.05, 4.69) is 5.32 Å². The fraction of sp³-hybridized carbons (Fsp3) is 0.136. The number of hydrogen-bond donors (Lipinski definition) is 1. The predicted molar refractivity (Wildman–Crippen MR) is 120 cm³/mol. The third-order valence-electron chi connectivity index (χ3n) is 4.71. The average molecular weight is 439 g/mol. The van der Waals surface area contributed by atoms with Gasteiger partial charge in [-0.05, 0) is 48.4 Å². The van der Waals surface area contributed by atoms with E-state index < -0.39 is 20.9 Å². The van der Waals surface area contributed by atoms with Gasteiger partial charge in [-0.25, -0.2) is 8.42 Å². The highest BCUT2D eigenvalue weighted by atomic mass is 32.2. The molecule has 8 nitrogen and oxygen atoms in total. The van der Waals surface area contributed by atoms with Gasteiger partial charge in [0.25, 0.3) is 11.6 Å². The molecule has 0 radical (unpaired) electrons. The molecule has 0 spiro atoms. The molecular formula is C22H21N3O5S. The van der Waals surface area contributed by atoms with E-state index in [1.165, 1.54) is 34.6 Å². The third-order valence-corrected chi connectivity index (χ3v) is 5.85. The number of sulfonamides is 1. The first-order chi connectivity index (χ1) is 14.6. The summed E-state index contributed by atoms with van der Waals surface area (Å²) in [5.74, 6) is -0.461. The molecule has 0 aliphatic heterocycles. The van der Waals surface area contributed by atoms with Crippen LogP contribution in [0.5, 0.6) is 0 Å². The van der Waals surface area contributed by atoms with Crippen molar-refractivity contribution in [3.63, 3.8) is 0 Å². The zero-order valence-corrected chi connectivity index (χ0v) is 17.8. The monoisotopic (exact) mass is 439 g/mol. The number of nitro benzene ring substituents is 1. The first kappa shape index (κ1) is 22.0. The Hall–Kier alpha value is -3.72. The van der Waals surface area contributed by atoms with E-state index in [1.54, 1.807) is 18.2 Å². The SMILES string of the molecule is Cc1ccccc1CN(c1ccc(C(=O)Nc2cccc([N+](=O)[O-])c2)cc1)S(C)(=O)=O. The van der Waals surface area contributed by atoms with Crippen LogP contribution in [0.2, 0.25) is 0 Å². The number of carbonyl (C=O) groups is 1. The lowest BCUT2D eigenvalue weighted by atomic mass is 10.1. The van der Waals surface area contributed by atoms with Crippen molar-refractivity contribution >= 4 is 33.0 Å². The first-order valence-electron chi connectivity index (χ1n) is 9.33. The van der Waals surface area contributed by atoms with E-state index in [-0.39, 0.29) is 12.2 Å². The van der Waals surface area contributed by atoms with Gasteiger partial charge in [-0.2, -0.15) is 0 Å². The van der Waals surface area contributed by atoms with Crippen LogP contribution in [0, 0.1) is 17.0 Å². The Morgan fingerprint density at radius 1 is 1.03 bits per heavy atom. The number of nitrogens with one attached hydrogen (secondary N) is 1. The van der Waals surface area contributed by atoms with E-state index in [0.717, 1.165) is 17.4 Å². The number of anilines is 2. The molecule has 0 aliphatic rings. The number of hydrogen-bond acceptors (Lipinski definition) is 5. The fourth-order valence-electron chi connectivity index (χ4n) is 3.02. The lowest BCUT2D eigenvalue weighted by molar-refractivity contribution is -0.384. The number of benzene rings is 3. The van der Waals surface area contributed by atoms with Gasteiger partial charge in [0, 0.05) is 23.4 Å². The maximum Gasteiger partial charge on any atom is 0.271 e. The van der Waals surface area contributed by atoms with Gasteiger partial charge < -0.3 is 5.32 Å². The molecule has 160 valence electrons. The van der Waals surface area contributed by atoms with E-state index in [9.17, 15) is 23.3 Å². The number of amides is 1. The Balaban J connectivity index is 1.81. The quantitative estimate of drug-likeness (QED) is 0.440. The smallest absolute Gasteiger partial charge is 0.271 e. The van der Waals surface area contributed by atoms with Gasteiger partial charge >= 0.3 is 0 Å². The molecule has 3 aromatic carbocycles. The average Bonchev–Trinajstić information content (AvgIpc) is 2.72. The first-order valence-corrected chi connectivity index (χ1v) is 11.2. The van der Waals surface area contributed by atoms with Gasteiger partial charge in [-0.3, -0.25) is 19.2 Å². The van der Waals surface area contributed by atoms with Gasteiger partial charge in [-0.15, -0.1) is 0 Å². The number of carbonyl (C=O) groups excluding carboxylic acids is 1. The molecule has 0 aromatic heterocycles. The standard InChI is InChI=1S/C22H21N3O5S/c1-16-6-3-4-7-18(16)15-24(31(2,29)30)20-12-10-17(11-13-20)22(26)23-19-8-5-9-21(14-19)25(27)28/h3-14H,15H2,1-2H3,(H,23,26). The summed E-state index contributed by atoms with van der Waals surface area (Å²) in [7, 11) is -3.56. The molecule has 3 rings (SSSR count). The topological polar surface area (TPSA) is 110 Å². The molecular weight excluding hydrogens is 418 g/mol. The van der Waals surface area contributed by atoms with Crippen LogP contribution in [0.25, 0.3) is 0 Å². The minimum atomic E-state index is -3.56. The van der Waals surface area contributed by atoms with Crippen LogP contribution < -0.4 is 9.62 Å². The minimum absolute atomic E-state index is 0.131. The number of non-ortho nitro benzene ring substituents is 1. The van der Waals surface area contributed by atoms with E-state index >= 15 is 0 Å². The molecule has 1 amide bonds. The van der Waals surface area contributed by atoms with Gasteiger partial charge in [0.2, 0.25) is 10.0 Å². The van der Waals surface area contributed by atoms with Crippen molar-refractivity contribution in [1.82, 2.24) is 0 Å². The van der Waals surface area contributed by atoms with Crippen LogP contribution in [0.15, 0.2) is 72.8 Å². The zero-order chi connectivity index (χ0) is 22.6. The summed E-state index contributed by atoms with van der Waals surface area (Å²) >= 11 is 0. The predicted octanol–water partition coefficient (Wildman–Crippen LogP) is 4.12. The van der Waals surface area contributed by atoms with Crippen LogP contribution in [0.4, 0.5) is 17.1 Å². The summed E-state index contributed by atoms with van der Waals surface area (Å²) in [6.45, 7) is 2.09. The second-order valence-electron chi connectivity index (χ2n) is 7.00. The Labute approximate surface area is 180 Å². The lowest BCUT2D eigenvalue weighted by Gasteiger charge is -2.23. The molecule has 0 bridgehead atoms. The normalized spacial score (nSPS) is 11.0. The van der Waals surface area contributed by atoms with Gasteiger partial charge in [0.05, 0.1) is 23.4 Å². The highest BCUT2D eigenvalue weighted by Gasteiger charge is 2.19. The van der Waals surface area contributed by atoms with Crippen molar-refractivity contribution < 1.29 is 18.1 Å². The molecule has 0 atom stereocenters. The van der Waals surface area contributed by atoms with Crippen molar-refractivity contribution in [2.24, 2.45) is 0 Å². The van der Waals surface area contributed by atoms with Crippen LogP contribution in [0.1, 0.15) is 21.5 Å². The van der Waals surface area contributed by atoms with Crippen LogP contribution in [-0.2, 0) is 16.6 Å². The van der Waals surface area contributed by atoms with Gasteiger partial charge in [-0.1, -0.05) is 30.3 Å². The Bertz CT molecular complexity index is 1220. The Morgan fingerprint density at radius 3 is 2.32 bits per heavy atom. The summed E-state index contributed by atoms with van der Waals surface area (Å²) in [6.07, 6.45) is 1.13. The van der Waals surface area contributed by atoms with E-state index in [0.29, 0.717) is 16.9 Å². The molecule has 0 unspecified atom stereocenters. The maximum atomic E-state index is 12.5. The van der Waals surface area contributed by atoms with Crippen molar-refractivity contribution in [1.29, 1.82) is 0 Å². The van der Waals surface area contributed by atoms with Crippen LogP contribution in [-0.4, -0.2) is 25.5 Å². The summed E-state index contributed by atoms with van der Waals surface area (Å²) in [5, 5.41) is 13.5. The summed E-state index contributed by atoms with van der Waals surface area (Å²) in [4.78, 5) is 22.8. The molecule has 1 N–H and O–H groups in total. The number of aryl methyl sites for hydroxylation is 1. The highest BCUT2D eigenvalue weighted by Crippen LogP contribution is 2.23. The van der Waals surface area contributed by atoms with Crippen molar-refractivity contribution in [3.05, 3.63) is 99.6 Å². The van der Waals surface area contributed by atoms with E-state index in [1.807, 2.05) is 31.2 Å². The Kier molecular flexibility index (Phi) is 6.36. The summed E-state index contributed by atoms with van der Waals surface area (Å²) in [5.41, 5.74) is 2.73. The zero-order valence-electron chi connectivity index (χ0n) is 17.0. The highest BCUT2D eigenvalue weighted by molar-refractivity contribution is 7.92. The number of rotatable bonds is 7. The van der Waals surface area contributed by atoms with Crippen LogP contribution >= 0.6 is 0 Å². The fourth-order valence-corrected chi connectivity index (χ4v) is 3.90. The minimum Gasteiger partial charge on any atom is -0.322 e. The molecule has 0 heterocycles. The maximum absolute atomic E-state index is 12.5. The Morgan fingerprint density at radius 2 is 1.71 bits per heavy atom. The number of nitrogens with zero attached hydrogens (tertiary/aromatic N) is 2. The van der Waals surface area contributed by atoms with Crippen molar-refractivity contribution in [2.45, 2.75) is 13.5 Å². The number of nitro groups is 1. The molecule has 0 aliphatic carbocycles. The second-order valence-corrected chi connectivity index (χ2v) is 8.91. The largest absolute Gasteiger partial charge is 0.322 e. The lowest BCUT2D eigenvalue weighted by Crippen LogP contribution is -2.29. The van der Waals surface area contributed by atoms with Crippen LogP contribution in [0.3, 0.4) is 0 Å². The molecule has 9 heteroatoms. The molecule has 3 aromatic rings.